The van der Waals surface area contributed by atoms with Gasteiger partial charge in [-0.25, -0.2) is 4.98 Å². The Morgan fingerprint density at radius 2 is 2.33 bits per heavy atom. The fourth-order valence-corrected chi connectivity index (χ4v) is 1.29. The Morgan fingerprint density at radius 1 is 1.47 bits per heavy atom. The summed E-state index contributed by atoms with van der Waals surface area (Å²) in [6, 6.07) is 5.62. The first-order valence-electron chi connectivity index (χ1n) is 4.56. The molecule has 5 nitrogen and oxygen atoms in total. The molecule has 0 saturated heterocycles. The summed E-state index contributed by atoms with van der Waals surface area (Å²) in [6.45, 7) is 0.592. The number of nitrogens with two attached hydrogens (primary N) is 1. The van der Waals surface area contributed by atoms with Crippen LogP contribution in [0.3, 0.4) is 0 Å². The van der Waals surface area contributed by atoms with Gasteiger partial charge in [0.2, 0.25) is 5.88 Å². The first kappa shape index (κ1) is 9.51. The summed E-state index contributed by atoms with van der Waals surface area (Å²) in [5, 5.41) is 4.08. The molecular formula is C10H12N4O. The molecule has 0 saturated carbocycles. The molecule has 2 aromatic rings. The largest absolute Gasteiger partial charge is 0.481 e. The molecule has 0 spiro atoms. The van der Waals surface area contributed by atoms with E-state index < -0.39 is 0 Å². The summed E-state index contributed by atoms with van der Waals surface area (Å²) in [5.74, 6) is 0.604. The van der Waals surface area contributed by atoms with E-state index in [-0.39, 0.29) is 0 Å². The summed E-state index contributed by atoms with van der Waals surface area (Å²) < 4.78 is 6.77. The molecule has 0 radical (unpaired) electrons. The van der Waals surface area contributed by atoms with Crippen LogP contribution < -0.4 is 10.5 Å². The van der Waals surface area contributed by atoms with Crippen molar-refractivity contribution in [3.63, 3.8) is 0 Å². The zero-order valence-corrected chi connectivity index (χ0v) is 8.42. The van der Waals surface area contributed by atoms with Crippen molar-refractivity contribution in [1.82, 2.24) is 14.8 Å². The van der Waals surface area contributed by atoms with Crippen molar-refractivity contribution in [2.75, 3.05) is 12.8 Å². The highest BCUT2D eigenvalue weighted by atomic mass is 16.5. The predicted molar refractivity (Wildman–Crippen MR) is 56.5 cm³/mol. The van der Waals surface area contributed by atoms with Gasteiger partial charge in [0.15, 0.2) is 0 Å². The fraction of sp³-hybridized carbons (Fsp3) is 0.200. The number of hydrogen-bond acceptors (Lipinski definition) is 4. The monoisotopic (exact) mass is 204 g/mol. The smallest absolute Gasteiger partial charge is 0.213 e. The third-order valence-electron chi connectivity index (χ3n) is 1.97. The minimum absolute atomic E-state index is 0.592. The minimum Gasteiger partial charge on any atom is -0.481 e. The van der Waals surface area contributed by atoms with Crippen LogP contribution in [0.4, 0.5) is 5.69 Å². The van der Waals surface area contributed by atoms with E-state index in [9.17, 15) is 0 Å². The van der Waals surface area contributed by atoms with Gasteiger partial charge in [0, 0.05) is 12.3 Å². The zero-order valence-electron chi connectivity index (χ0n) is 8.42. The van der Waals surface area contributed by atoms with Gasteiger partial charge in [-0.3, -0.25) is 4.68 Å². The molecule has 0 fully saturated rings. The average Bonchev–Trinajstić information content (AvgIpc) is 2.64. The number of anilines is 1. The first-order valence-corrected chi connectivity index (χ1v) is 4.56. The van der Waals surface area contributed by atoms with Gasteiger partial charge in [-0.1, -0.05) is 6.07 Å². The van der Waals surface area contributed by atoms with Gasteiger partial charge in [0.1, 0.15) is 0 Å². The average molecular weight is 204 g/mol. The molecule has 0 aromatic carbocycles. The van der Waals surface area contributed by atoms with E-state index in [0.29, 0.717) is 18.1 Å². The highest BCUT2D eigenvalue weighted by Crippen LogP contribution is 2.08. The van der Waals surface area contributed by atoms with Crippen molar-refractivity contribution < 1.29 is 4.74 Å². The van der Waals surface area contributed by atoms with Crippen LogP contribution in [-0.2, 0) is 6.54 Å². The van der Waals surface area contributed by atoms with Crippen molar-refractivity contribution in [2.45, 2.75) is 6.54 Å². The number of pyridine rings is 1. The van der Waals surface area contributed by atoms with Gasteiger partial charge in [-0.2, -0.15) is 5.10 Å². The molecule has 0 unspecified atom stereocenters. The SMILES string of the molecule is COc1cccc(Cn2cc(N)cn2)n1. The second kappa shape index (κ2) is 4.00. The molecule has 0 aliphatic rings. The van der Waals surface area contributed by atoms with Crippen molar-refractivity contribution in [3.05, 3.63) is 36.3 Å². The normalized spacial score (nSPS) is 10.2. The zero-order chi connectivity index (χ0) is 10.7. The van der Waals surface area contributed by atoms with Gasteiger partial charge >= 0.3 is 0 Å². The predicted octanol–water partition coefficient (Wildman–Crippen LogP) is 0.917. The third-order valence-corrected chi connectivity index (χ3v) is 1.97. The maximum absolute atomic E-state index is 5.56. The van der Waals surface area contributed by atoms with Gasteiger partial charge in [0.25, 0.3) is 0 Å². The van der Waals surface area contributed by atoms with Crippen LogP contribution in [0, 0.1) is 0 Å². The Balaban J connectivity index is 2.16. The van der Waals surface area contributed by atoms with Crippen molar-refractivity contribution in [3.8, 4) is 5.88 Å². The van der Waals surface area contributed by atoms with E-state index in [1.54, 1.807) is 30.3 Å². The van der Waals surface area contributed by atoms with Crippen LogP contribution >= 0.6 is 0 Å². The maximum Gasteiger partial charge on any atom is 0.213 e. The lowest BCUT2D eigenvalue weighted by Crippen LogP contribution is -2.02. The van der Waals surface area contributed by atoms with Crippen LogP contribution in [0.2, 0.25) is 0 Å². The van der Waals surface area contributed by atoms with Crippen molar-refractivity contribution in [1.29, 1.82) is 0 Å². The number of nitrogens with zero attached hydrogens (tertiary/aromatic N) is 3. The van der Waals surface area contributed by atoms with E-state index >= 15 is 0 Å². The molecule has 15 heavy (non-hydrogen) atoms. The third kappa shape index (κ3) is 2.25. The van der Waals surface area contributed by atoms with Crippen LogP contribution in [0.1, 0.15) is 5.69 Å². The number of ether oxygens (including phenoxy) is 1. The van der Waals surface area contributed by atoms with Gasteiger partial charge < -0.3 is 10.5 Å². The highest BCUT2D eigenvalue weighted by Gasteiger charge is 2.00. The van der Waals surface area contributed by atoms with Crippen LogP contribution in [-0.4, -0.2) is 21.9 Å². The summed E-state index contributed by atoms with van der Waals surface area (Å²) in [7, 11) is 1.60. The van der Waals surface area contributed by atoms with Crippen molar-refractivity contribution >= 4 is 5.69 Å². The molecule has 0 bridgehead atoms. The van der Waals surface area contributed by atoms with E-state index in [1.165, 1.54) is 0 Å². The molecule has 2 rings (SSSR count). The van der Waals surface area contributed by atoms with Gasteiger partial charge in [-0.15, -0.1) is 0 Å². The molecule has 78 valence electrons. The minimum atomic E-state index is 0.592. The molecule has 2 aromatic heterocycles. The first-order chi connectivity index (χ1) is 7.28. The summed E-state index contributed by atoms with van der Waals surface area (Å²) in [4.78, 5) is 4.27. The second-order valence-electron chi connectivity index (χ2n) is 3.14. The molecule has 0 aliphatic carbocycles. The number of methoxy groups -OCH3 is 1. The molecular weight excluding hydrogens is 192 g/mol. The highest BCUT2D eigenvalue weighted by molar-refractivity contribution is 5.30. The van der Waals surface area contributed by atoms with Crippen molar-refractivity contribution in [2.24, 2.45) is 0 Å². The Hall–Kier alpha value is -2.04. The summed E-state index contributed by atoms with van der Waals surface area (Å²) in [6.07, 6.45) is 3.38. The quantitative estimate of drug-likeness (QED) is 0.807. The van der Waals surface area contributed by atoms with E-state index in [2.05, 4.69) is 10.1 Å². The maximum atomic E-state index is 5.56. The van der Waals surface area contributed by atoms with Crippen LogP contribution in [0.5, 0.6) is 5.88 Å². The second-order valence-corrected chi connectivity index (χ2v) is 3.14. The topological polar surface area (TPSA) is 66.0 Å². The van der Waals surface area contributed by atoms with Crippen LogP contribution in [0.15, 0.2) is 30.6 Å². The number of aromatic nitrogens is 3. The standard InChI is InChI=1S/C10H12N4O/c1-15-10-4-2-3-9(13-10)7-14-6-8(11)5-12-14/h2-6H,7,11H2,1H3. The molecule has 0 amide bonds. The number of nitrogen functional groups attached to an aromatic ring is 1. The molecule has 5 heteroatoms. The summed E-state index contributed by atoms with van der Waals surface area (Å²) in [5.41, 5.74) is 7.10. The molecule has 2 N–H and O–H groups in total. The Labute approximate surface area is 87.5 Å². The summed E-state index contributed by atoms with van der Waals surface area (Å²) >= 11 is 0. The number of rotatable bonds is 3. The van der Waals surface area contributed by atoms with E-state index in [0.717, 1.165) is 5.69 Å². The number of hydrogen-bond donors (Lipinski definition) is 1. The van der Waals surface area contributed by atoms with Gasteiger partial charge in [0.05, 0.1) is 31.2 Å². The molecule has 0 aliphatic heterocycles. The molecule has 0 atom stereocenters. The lowest BCUT2D eigenvalue weighted by atomic mass is 10.3. The Bertz CT molecular complexity index is 452. The lowest BCUT2D eigenvalue weighted by molar-refractivity contribution is 0.395. The lowest BCUT2D eigenvalue weighted by Gasteiger charge is -2.03. The van der Waals surface area contributed by atoms with E-state index in [1.807, 2.05) is 12.1 Å². The van der Waals surface area contributed by atoms with E-state index in [4.69, 9.17) is 10.5 Å². The molecule has 2 heterocycles. The fourth-order valence-electron chi connectivity index (χ4n) is 1.29. The Kier molecular flexibility index (Phi) is 2.53. The van der Waals surface area contributed by atoms with Gasteiger partial charge in [-0.05, 0) is 6.07 Å². The van der Waals surface area contributed by atoms with Crippen LogP contribution in [0.25, 0.3) is 0 Å². The Morgan fingerprint density at radius 3 is 3.00 bits per heavy atom.